The van der Waals surface area contributed by atoms with E-state index < -0.39 is 5.60 Å². The van der Waals surface area contributed by atoms with E-state index >= 15 is 0 Å². The van der Waals surface area contributed by atoms with Crippen molar-refractivity contribution >= 4 is 17.3 Å². The Morgan fingerprint density at radius 2 is 2.06 bits per heavy atom. The molecule has 0 spiro atoms. The summed E-state index contributed by atoms with van der Waals surface area (Å²) in [5.74, 6) is 0. The molecule has 1 aromatic rings. The number of benzene rings is 1. The molecule has 16 heavy (non-hydrogen) atoms. The Balaban J connectivity index is 2.73. The summed E-state index contributed by atoms with van der Waals surface area (Å²) in [7, 11) is 1.93. The Kier molecular flexibility index (Phi) is 4.19. The highest BCUT2D eigenvalue weighted by atomic mass is 35.5. The van der Waals surface area contributed by atoms with Crippen LogP contribution in [0.1, 0.15) is 19.4 Å². The molecule has 1 rings (SSSR count). The largest absolute Gasteiger partial charge is 0.398 e. The Morgan fingerprint density at radius 1 is 1.44 bits per heavy atom. The third-order valence-electron chi connectivity index (χ3n) is 2.24. The highest BCUT2D eigenvalue weighted by molar-refractivity contribution is 6.31. The average molecular weight is 243 g/mol. The van der Waals surface area contributed by atoms with Crippen LogP contribution in [-0.2, 0) is 6.54 Å². The quantitative estimate of drug-likeness (QED) is 0.796. The number of nitrogen functional groups attached to an aromatic ring is 1. The summed E-state index contributed by atoms with van der Waals surface area (Å²) in [5, 5.41) is 10.4. The number of hydrogen-bond donors (Lipinski definition) is 2. The van der Waals surface area contributed by atoms with E-state index in [0.717, 1.165) is 5.56 Å². The predicted molar refractivity (Wildman–Crippen MR) is 68.5 cm³/mol. The van der Waals surface area contributed by atoms with Crippen LogP contribution < -0.4 is 5.73 Å². The van der Waals surface area contributed by atoms with Gasteiger partial charge in [0, 0.05) is 29.4 Å². The van der Waals surface area contributed by atoms with E-state index in [2.05, 4.69) is 0 Å². The van der Waals surface area contributed by atoms with E-state index in [-0.39, 0.29) is 0 Å². The van der Waals surface area contributed by atoms with Crippen LogP contribution in [0.5, 0.6) is 0 Å². The lowest BCUT2D eigenvalue weighted by Crippen LogP contribution is -2.36. The number of hydrogen-bond acceptors (Lipinski definition) is 3. The van der Waals surface area contributed by atoms with Gasteiger partial charge in [0.15, 0.2) is 0 Å². The number of likely N-dealkylation sites (N-methyl/N-ethyl adjacent to an activating group) is 1. The molecular weight excluding hydrogens is 224 g/mol. The molecular formula is C12H19ClN2O. The zero-order valence-electron chi connectivity index (χ0n) is 10.00. The van der Waals surface area contributed by atoms with E-state index in [9.17, 15) is 5.11 Å². The molecule has 0 fully saturated rings. The summed E-state index contributed by atoms with van der Waals surface area (Å²) < 4.78 is 0. The summed E-state index contributed by atoms with van der Waals surface area (Å²) in [5.41, 5.74) is 6.75. The molecule has 0 bridgehead atoms. The topological polar surface area (TPSA) is 49.5 Å². The van der Waals surface area contributed by atoms with Gasteiger partial charge < -0.3 is 10.8 Å². The Bertz CT molecular complexity index is 340. The second-order valence-electron chi connectivity index (χ2n) is 4.79. The van der Waals surface area contributed by atoms with E-state index in [1.807, 2.05) is 30.1 Å². The standard InChI is InChI=1S/C12H19ClN2O/c1-12(2,16)8-15(3)7-9-10(13)5-4-6-11(9)14/h4-6,16H,7-8,14H2,1-3H3. The maximum Gasteiger partial charge on any atom is 0.0718 e. The highest BCUT2D eigenvalue weighted by Gasteiger charge is 2.17. The van der Waals surface area contributed by atoms with Crippen LogP contribution in [0.2, 0.25) is 5.02 Å². The van der Waals surface area contributed by atoms with E-state index in [4.69, 9.17) is 17.3 Å². The fourth-order valence-corrected chi connectivity index (χ4v) is 1.97. The van der Waals surface area contributed by atoms with Crippen LogP contribution >= 0.6 is 11.6 Å². The fraction of sp³-hybridized carbons (Fsp3) is 0.500. The monoisotopic (exact) mass is 242 g/mol. The SMILES string of the molecule is CN(Cc1c(N)cccc1Cl)CC(C)(C)O. The van der Waals surface area contributed by atoms with Crippen LogP contribution in [0.3, 0.4) is 0 Å². The van der Waals surface area contributed by atoms with Crippen molar-refractivity contribution in [2.45, 2.75) is 26.0 Å². The maximum absolute atomic E-state index is 9.70. The molecule has 1 aromatic carbocycles. The molecule has 90 valence electrons. The second kappa shape index (κ2) is 5.04. The summed E-state index contributed by atoms with van der Waals surface area (Å²) in [4.78, 5) is 2.00. The van der Waals surface area contributed by atoms with Gasteiger partial charge in [-0.25, -0.2) is 0 Å². The van der Waals surface area contributed by atoms with Crippen molar-refractivity contribution in [2.24, 2.45) is 0 Å². The highest BCUT2D eigenvalue weighted by Crippen LogP contribution is 2.23. The van der Waals surface area contributed by atoms with Crippen molar-refractivity contribution in [1.82, 2.24) is 4.90 Å². The Morgan fingerprint density at radius 3 is 2.56 bits per heavy atom. The zero-order chi connectivity index (χ0) is 12.3. The Labute approximate surface area is 102 Å². The molecule has 0 aliphatic carbocycles. The van der Waals surface area contributed by atoms with Gasteiger partial charge in [0.1, 0.15) is 0 Å². The van der Waals surface area contributed by atoms with Gasteiger partial charge in [-0.1, -0.05) is 17.7 Å². The molecule has 0 amide bonds. The third-order valence-corrected chi connectivity index (χ3v) is 2.59. The molecule has 0 aromatic heterocycles. The third kappa shape index (κ3) is 4.00. The van der Waals surface area contributed by atoms with Gasteiger partial charge in [-0.05, 0) is 33.0 Å². The number of nitrogens with zero attached hydrogens (tertiary/aromatic N) is 1. The van der Waals surface area contributed by atoms with Crippen molar-refractivity contribution < 1.29 is 5.11 Å². The van der Waals surface area contributed by atoms with Crippen LogP contribution in [0.4, 0.5) is 5.69 Å². The summed E-state index contributed by atoms with van der Waals surface area (Å²) >= 11 is 6.08. The molecule has 0 aliphatic rings. The molecule has 4 heteroatoms. The lowest BCUT2D eigenvalue weighted by atomic mass is 10.1. The molecule has 0 aliphatic heterocycles. The lowest BCUT2D eigenvalue weighted by molar-refractivity contribution is 0.0425. The lowest BCUT2D eigenvalue weighted by Gasteiger charge is -2.26. The van der Waals surface area contributed by atoms with Gasteiger partial charge in [-0.3, -0.25) is 4.90 Å². The first-order valence-corrected chi connectivity index (χ1v) is 5.61. The van der Waals surface area contributed by atoms with Crippen molar-refractivity contribution in [1.29, 1.82) is 0 Å². The summed E-state index contributed by atoms with van der Waals surface area (Å²) in [6.07, 6.45) is 0. The second-order valence-corrected chi connectivity index (χ2v) is 5.20. The minimum absolute atomic E-state index is 0.567. The molecule has 0 unspecified atom stereocenters. The van der Waals surface area contributed by atoms with Gasteiger partial charge >= 0.3 is 0 Å². The van der Waals surface area contributed by atoms with Crippen LogP contribution in [0.25, 0.3) is 0 Å². The zero-order valence-corrected chi connectivity index (χ0v) is 10.8. The van der Waals surface area contributed by atoms with Crippen molar-refractivity contribution in [2.75, 3.05) is 19.3 Å². The van der Waals surface area contributed by atoms with Crippen LogP contribution in [0, 0.1) is 0 Å². The first-order chi connectivity index (χ1) is 7.29. The van der Waals surface area contributed by atoms with Gasteiger partial charge in [0.25, 0.3) is 0 Å². The van der Waals surface area contributed by atoms with Crippen LogP contribution in [-0.4, -0.2) is 29.2 Å². The number of rotatable bonds is 4. The van der Waals surface area contributed by atoms with Crippen molar-refractivity contribution in [3.05, 3.63) is 28.8 Å². The van der Waals surface area contributed by atoms with Gasteiger partial charge in [-0.15, -0.1) is 0 Å². The normalized spacial score (nSPS) is 12.1. The van der Waals surface area contributed by atoms with Crippen molar-refractivity contribution in [3.8, 4) is 0 Å². The number of nitrogens with two attached hydrogens (primary N) is 1. The molecule has 3 N–H and O–H groups in total. The minimum Gasteiger partial charge on any atom is -0.398 e. The molecule has 0 radical (unpaired) electrons. The Hall–Kier alpha value is -0.770. The van der Waals surface area contributed by atoms with E-state index in [0.29, 0.717) is 23.8 Å². The molecule has 0 saturated heterocycles. The van der Waals surface area contributed by atoms with Gasteiger partial charge in [0.05, 0.1) is 5.60 Å². The smallest absolute Gasteiger partial charge is 0.0718 e. The maximum atomic E-state index is 9.70. The molecule has 0 saturated carbocycles. The molecule has 3 nitrogen and oxygen atoms in total. The summed E-state index contributed by atoms with van der Waals surface area (Å²) in [6.45, 7) is 4.76. The van der Waals surface area contributed by atoms with Gasteiger partial charge in [-0.2, -0.15) is 0 Å². The molecule has 0 heterocycles. The van der Waals surface area contributed by atoms with Crippen LogP contribution in [0.15, 0.2) is 18.2 Å². The van der Waals surface area contributed by atoms with E-state index in [1.54, 1.807) is 13.8 Å². The summed E-state index contributed by atoms with van der Waals surface area (Å²) in [6, 6.07) is 5.49. The number of anilines is 1. The number of halogens is 1. The minimum atomic E-state index is -0.717. The van der Waals surface area contributed by atoms with Gasteiger partial charge in [0.2, 0.25) is 0 Å². The molecule has 0 atom stereocenters. The van der Waals surface area contributed by atoms with E-state index in [1.165, 1.54) is 0 Å². The van der Waals surface area contributed by atoms with Crippen molar-refractivity contribution in [3.63, 3.8) is 0 Å². The number of aliphatic hydroxyl groups is 1. The first kappa shape index (κ1) is 13.3. The first-order valence-electron chi connectivity index (χ1n) is 5.23. The predicted octanol–water partition coefficient (Wildman–Crippen LogP) is 2.12. The average Bonchev–Trinajstić information content (AvgIpc) is 2.08. The fourth-order valence-electron chi connectivity index (χ4n) is 1.73.